The number of nitrogen functional groups attached to an aromatic ring is 1. The quantitative estimate of drug-likeness (QED) is 0.609. The van der Waals surface area contributed by atoms with Crippen LogP contribution < -0.4 is 10.9 Å². The second kappa shape index (κ2) is 7.60. The number of benzene rings is 1. The van der Waals surface area contributed by atoms with Crippen molar-refractivity contribution in [3.05, 3.63) is 71.8 Å². The van der Waals surface area contributed by atoms with E-state index >= 15 is 0 Å². The highest BCUT2D eigenvalue weighted by Crippen LogP contribution is 2.21. The van der Waals surface area contributed by atoms with Gasteiger partial charge in [0.05, 0.1) is 17.6 Å². The summed E-state index contributed by atoms with van der Waals surface area (Å²) in [6, 6.07) is 10.4. The summed E-state index contributed by atoms with van der Waals surface area (Å²) in [4.78, 5) is 25.0. The van der Waals surface area contributed by atoms with Gasteiger partial charge in [-0.05, 0) is 30.2 Å². The highest BCUT2D eigenvalue weighted by molar-refractivity contribution is 7.89. The third-order valence-electron chi connectivity index (χ3n) is 3.84. The number of hydrogen-bond acceptors (Lipinski definition) is 7. The van der Waals surface area contributed by atoms with Gasteiger partial charge in [-0.3, -0.25) is 9.78 Å². The van der Waals surface area contributed by atoms with Gasteiger partial charge in [-0.15, -0.1) is 0 Å². The van der Waals surface area contributed by atoms with Crippen LogP contribution in [0.2, 0.25) is 0 Å². The Kier molecular flexibility index (Phi) is 5.24. The molecule has 2 aromatic heterocycles. The number of anilines is 1. The maximum absolute atomic E-state index is 12.6. The van der Waals surface area contributed by atoms with Crippen LogP contribution in [-0.4, -0.2) is 34.9 Å². The second-order valence-corrected chi connectivity index (χ2v) is 7.61. The van der Waals surface area contributed by atoms with Crippen molar-refractivity contribution in [1.29, 1.82) is 0 Å². The lowest BCUT2D eigenvalue weighted by Gasteiger charge is -2.08. The minimum atomic E-state index is -3.55. The molecule has 9 heteroatoms. The number of pyridine rings is 1. The van der Waals surface area contributed by atoms with Gasteiger partial charge < -0.3 is 5.73 Å². The number of carbonyl (C=O) groups is 1. The standard InChI is InChI=1S/C18H17N5O3S/c19-18-16(17(24)14-5-2-7-21-10-14)23-15(11-22-18)13-4-1-3-12(9-13)6-8-27(20,25)26/h1-5,7,9-11H,6,8H2,(H2,19,22)(H2,20,25,26). The number of nitrogens with two attached hydrogens (primary N) is 2. The molecule has 1 aromatic carbocycles. The molecule has 0 unspecified atom stereocenters. The van der Waals surface area contributed by atoms with Gasteiger partial charge in [0, 0.05) is 23.5 Å². The molecule has 0 aliphatic heterocycles. The van der Waals surface area contributed by atoms with Crippen LogP contribution in [-0.2, 0) is 16.4 Å². The zero-order valence-electron chi connectivity index (χ0n) is 14.2. The van der Waals surface area contributed by atoms with E-state index in [1.807, 2.05) is 0 Å². The lowest BCUT2D eigenvalue weighted by Crippen LogP contribution is -2.17. The fraction of sp³-hybridized carbons (Fsp3) is 0.111. The normalized spacial score (nSPS) is 11.3. The molecule has 8 nitrogen and oxygen atoms in total. The van der Waals surface area contributed by atoms with Crippen LogP contribution in [0.3, 0.4) is 0 Å². The van der Waals surface area contributed by atoms with Crippen molar-refractivity contribution in [2.24, 2.45) is 5.14 Å². The van der Waals surface area contributed by atoms with Crippen LogP contribution in [0.5, 0.6) is 0 Å². The van der Waals surface area contributed by atoms with Gasteiger partial charge in [-0.25, -0.2) is 23.5 Å². The molecule has 0 bridgehead atoms. The topological polar surface area (TPSA) is 142 Å². The Morgan fingerprint density at radius 1 is 1.11 bits per heavy atom. The summed E-state index contributed by atoms with van der Waals surface area (Å²) in [5, 5.41) is 5.05. The number of hydrogen-bond donors (Lipinski definition) is 2. The van der Waals surface area contributed by atoms with Gasteiger partial charge in [0.2, 0.25) is 15.8 Å². The van der Waals surface area contributed by atoms with Gasteiger partial charge in [-0.2, -0.15) is 0 Å². The molecule has 0 aliphatic carbocycles. The fourth-order valence-corrected chi connectivity index (χ4v) is 3.00. The van der Waals surface area contributed by atoms with Crippen LogP contribution in [0, 0.1) is 0 Å². The van der Waals surface area contributed by atoms with Gasteiger partial charge in [0.25, 0.3) is 0 Å². The third kappa shape index (κ3) is 4.72. The fourth-order valence-electron chi connectivity index (χ4n) is 2.48. The van der Waals surface area contributed by atoms with E-state index < -0.39 is 10.0 Å². The number of rotatable bonds is 6. The molecular weight excluding hydrogens is 366 g/mol. The molecular formula is C18H17N5O3S. The Labute approximate surface area is 156 Å². The predicted molar refractivity (Wildman–Crippen MR) is 101 cm³/mol. The van der Waals surface area contributed by atoms with Gasteiger partial charge in [-0.1, -0.05) is 18.2 Å². The summed E-state index contributed by atoms with van der Waals surface area (Å²) in [5.74, 6) is -0.507. The Morgan fingerprint density at radius 2 is 1.93 bits per heavy atom. The van der Waals surface area contributed by atoms with Crippen LogP contribution in [0.1, 0.15) is 21.6 Å². The largest absolute Gasteiger partial charge is 0.382 e. The number of aryl methyl sites for hydroxylation is 1. The molecule has 2 heterocycles. The van der Waals surface area contributed by atoms with Gasteiger partial charge in [0.15, 0.2) is 11.5 Å². The summed E-state index contributed by atoms with van der Waals surface area (Å²) in [6.45, 7) is 0. The Morgan fingerprint density at radius 3 is 2.63 bits per heavy atom. The summed E-state index contributed by atoms with van der Waals surface area (Å²) < 4.78 is 22.3. The van der Waals surface area contributed by atoms with E-state index in [0.717, 1.165) is 5.56 Å². The summed E-state index contributed by atoms with van der Waals surface area (Å²) >= 11 is 0. The molecule has 0 saturated heterocycles. The van der Waals surface area contributed by atoms with Crippen LogP contribution in [0.4, 0.5) is 5.82 Å². The van der Waals surface area contributed by atoms with E-state index in [4.69, 9.17) is 10.9 Å². The van der Waals surface area contributed by atoms with Gasteiger partial charge >= 0.3 is 0 Å². The summed E-state index contributed by atoms with van der Waals surface area (Å²) in [7, 11) is -3.55. The first-order valence-electron chi connectivity index (χ1n) is 8.00. The average Bonchev–Trinajstić information content (AvgIpc) is 2.67. The zero-order valence-corrected chi connectivity index (χ0v) is 15.1. The smallest absolute Gasteiger partial charge is 0.216 e. The SMILES string of the molecule is Nc1ncc(-c2cccc(CCS(N)(=O)=O)c2)nc1C(=O)c1cccnc1. The minimum Gasteiger partial charge on any atom is -0.382 e. The molecule has 0 amide bonds. The number of carbonyl (C=O) groups excluding carboxylic acids is 1. The van der Waals surface area contributed by atoms with Crippen molar-refractivity contribution >= 4 is 21.6 Å². The van der Waals surface area contributed by atoms with Crippen molar-refractivity contribution in [3.8, 4) is 11.3 Å². The molecule has 4 N–H and O–H groups in total. The molecule has 3 aromatic rings. The third-order valence-corrected chi connectivity index (χ3v) is 4.61. The van der Waals surface area contributed by atoms with Crippen molar-refractivity contribution in [3.63, 3.8) is 0 Å². The Balaban J connectivity index is 1.93. The monoisotopic (exact) mass is 383 g/mol. The molecule has 0 saturated carbocycles. The van der Waals surface area contributed by atoms with Crippen LogP contribution in [0.15, 0.2) is 55.0 Å². The van der Waals surface area contributed by atoms with Crippen molar-refractivity contribution in [1.82, 2.24) is 15.0 Å². The first kappa shape index (κ1) is 18.6. The van der Waals surface area contributed by atoms with Crippen molar-refractivity contribution in [2.45, 2.75) is 6.42 Å². The first-order valence-corrected chi connectivity index (χ1v) is 9.72. The molecule has 0 radical (unpaired) electrons. The highest BCUT2D eigenvalue weighted by Gasteiger charge is 2.17. The van der Waals surface area contributed by atoms with E-state index in [-0.39, 0.29) is 29.5 Å². The van der Waals surface area contributed by atoms with E-state index in [1.165, 1.54) is 12.4 Å². The van der Waals surface area contributed by atoms with E-state index in [1.54, 1.807) is 42.6 Å². The van der Waals surface area contributed by atoms with Crippen LogP contribution in [0.25, 0.3) is 11.3 Å². The summed E-state index contributed by atoms with van der Waals surface area (Å²) in [5.41, 5.74) is 8.15. The minimum absolute atomic E-state index is 0.0259. The highest BCUT2D eigenvalue weighted by atomic mass is 32.2. The van der Waals surface area contributed by atoms with Crippen molar-refractivity contribution in [2.75, 3.05) is 11.5 Å². The number of ketones is 1. The molecule has 0 spiro atoms. The number of aromatic nitrogens is 3. The van der Waals surface area contributed by atoms with Gasteiger partial charge in [0.1, 0.15) is 0 Å². The molecule has 27 heavy (non-hydrogen) atoms. The number of primary sulfonamides is 1. The second-order valence-electron chi connectivity index (χ2n) is 5.88. The maximum Gasteiger partial charge on any atom is 0.216 e. The van der Waals surface area contributed by atoms with E-state index in [0.29, 0.717) is 16.8 Å². The zero-order chi connectivity index (χ0) is 19.4. The predicted octanol–water partition coefficient (Wildman–Crippen LogP) is 1.18. The molecule has 0 fully saturated rings. The van der Waals surface area contributed by atoms with E-state index in [2.05, 4.69) is 15.0 Å². The van der Waals surface area contributed by atoms with E-state index in [9.17, 15) is 13.2 Å². The average molecular weight is 383 g/mol. The first-order chi connectivity index (χ1) is 12.8. The lowest BCUT2D eigenvalue weighted by molar-refractivity contribution is 0.103. The molecule has 0 aliphatic rings. The molecule has 3 rings (SSSR count). The van der Waals surface area contributed by atoms with Crippen LogP contribution >= 0.6 is 0 Å². The number of nitrogens with zero attached hydrogens (tertiary/aromatic N) is 3. The maximum atomic E-state index is 12.6. The summed E-state index contributed by atoms with van der Waals surface area (Å²) in [6.07, 6.45) is 4.74. The molecule has 0 atom stereocenters. The Hall–Kier alpha value is -3.17. The lowest BCUT2D eigenvalue weighted by atomic mass is 10.1. The Bertz CT molecular complexity index is 1090. The molecule has 138 valence electrons. The number of sulfonamides is 1. The van der Waals surface area contributed by atoms with Crippen molar-refractivity contribution < 1.29 is 13.2 Å².